The van der Waals surface area contributed by atoms with Crippen LogP contribution in [0.15, 0.2) is 24.0 Å². The molecule has 0 saturated carbocycles. The second-order valence-electron chi connectivity index (χ2n) is 2.52. The number of amides is 1. The molecule has 0 aliphatic carbocycles. The first-order valence-electron chi connectivity index (χ1n) is 4.19. The lowest BCUT2D eigenvalue weighted by atomic mass is 10.1. The number of hydrogen-bond acceptors (Lipinski definition) is 5. The number of primary amides is 1. The van der Waals surface area contributed by atoms with E-state index in [4.69, 9.17) is 20.4 Å². The Balaban J connectivity index is 0. The maximum atomic E-state index is 10.2. The van der Waals surface area contributed by atoms with E-state index in [1.807, 2.05) is 0 Å². The molecule has 0 atom stereocenters. The molecule has 0 spiro atoms. The van der Waals surface area contributed by atoms with Crippen molar-refractivity contribution in [3.63, 3.8) is 0 Å². The smallest absolute Gasteiger partial charge is 0.371 e. The van der Waals surface area contributed by atoms with E-state index in [1.165, 1.54) is 0 Å². The van der Waals surface area contributed by atoms with Crippen molar-refractivity contribution < 1.29 is 34.8 Å². The van der Waals surface area contributed by atoms with Crippen molar-refractivity contribution in [2.75, 3.05) is 6.61 Å². The number of carbonyl (C=O) groups excluding carboxylic acids is 1. The second kappa shape index (κ2) is 8.92. The number of aliphatic carboxylic acids is 2. The van der Waals surface area contributed by atoms with E-state index in [0.29, 0.717) is 0 Å². The Morgan fingerprint density at radius 2 is 1.53 bits per heavy atom. The van der Waals surface area contributed by atoms with Crippen LogP contribution in [0.2, 0.25) is 0 Å². The summed E-state index contributed by atoms with van der Waals surface area (Å²) in [5.41, 5.74) is 3.83. The summed E-state index contributed by atoms with van der Waals surface area (Å²) in [6.45, 7) is 2.56. The van der Waals surface area contributed by atoms with Crippen LogP contribution in [0, 0.1) is 0 Å². The molecule has 0 aromatic rings. The first-order valence-corrected chi connectivity index (χ1v) is 4.19. The van der Waals surface area contributed by atoms with Crippen molar-refractivity contribution in [1.29, 1.82) is 0 Å². The highest BCUT2D eigenvalue weighted by Crippen LogP contribution is 2.06. The van der Waals surface area contributed by atoms with Crippen LogP contribution >= 0.6 is 0 Å². The van der Waals surface area contributed by atoms with Crippen LogP contribution < -0.4 is 5.73 Å². The normalized spacial score (nSPS) is 10.4. The van der Waals surface area contributed by atoms with Crippen LogP contribution in [0.3, 0.4) is 0 Å². The SMILES string of the molecule is C=CC(N)=O.O=C(O)C(O)=C(CCO)C(=O)O. The Labute approximate surface area is 96.3 Å². The average Bonchev–Trinajstić information content (AvgIpc) is 2.25. The Kier molecular flexibility index (Phi) is 8.95. The molecule has 6 N–H and O–H groups in total. The third-order valence-corrected chi connectivity index (χ3v) is 1.31. The lowest BCUT2D eigenvalue weighted by molar-refractivity contribution is -0.138. The molecule has 0 aromatic carbocycles. The van der Waals surface area contributed by atoms with Crippen LogP contribution in [0.5, 0.6) is 0 Å². The Bertz CT molecular complexity index is 345. The molecule has 17 heavy (non-hydrogen) atoms. The number of nitrogens with two attached hydrogens (primary N) is 1. The van der Waals surface area contributed by atoms with E-state index >= 15 is 0 Å². The molecule has 0 aliphatic heterocycles. The number of carbonyl (C=O) groups is 3. The van der Waals surface area contributed by atoms with Gasteiger partial charge in [-0.05, 0) is 6.08 Å². The van der Waals surface area contributed by atoms with Crippen molar-refractivity contribution in [2.45, 2.75) is 6.42 Å². The highest BCUT2D eigenvalue weighted by Gasteiger charge is 2.18. The molecule has 1 amide bonds. The third-order valence-electron chi connectivity index (χ3n) is 1.31. The minimum absolute atomic E-state index is 0.395. The fourth-order valence-corrected chi connectivity index (χ4v) is 0.568. The molecule has 0 rings (SSSR count). The maximum absolute atomic E-state index is 10.2. The zero-order valence-corrected chi connectivity index (χ0v) is 8.79. The van der Waals surface area contributed by atoms with Gasteiger partial charge in [0, 0.05) is 13.0 Å². The summed E-state index contributed by atoms with van der Waals surface area (Å²) in [4.78, 5) is 29.8. The van der Waals surface area contributed by atoms with Crippen LogP contribution in [-0.2, 0) is 14.4 Å². The minimum atomic E-state index is -1.72. The van der Waals surface area contributed by atoms with Crippen molar-refractivity contribution in [3.05, 3.63) is 24.0 Å². The molecule has 0 bridgehead atoms. The summed E-state index contributed by atoms with van der Waals surface area (Å²) in [5, 5.41) is 33.5. The highest BCUT2D eigenvalue weighted by molar-refractivity contribution is 5.96. The van der Waals surface area contributed by atoms with Crippen LogP contribution in [0.4, 0.5) is 0 Å². The molecule has 8 heteroatoms. The molecule has 0 unspecified atom stereocenters. The van der Waals surface area contributed by atoms with E-state index in [2.05, 4.69) is 12.3 Å². The predicted molar refractivity (Wildman–Crippen MR) is 56.0 cm³/mol. The molecule has 0 radical (unpaired) electrons. The lowest BCUT2D eigenvalue weighted by Gasteiger charge is -2.00. The summed E-state index contributed by atoms with van der Waals surface area (Å²) in [5.74, 6) is -4.99. The molecule has 0 saturated heterocycles. The van der Waals surface area contributed by atoms with Crippen molar-refractivity contribution in [1.82, 2.24) is 0 Å². The fraction of sp³-hybridized carbons (Fsp3) is 0.222. The number of rotatable bonds is 5. The third kappa shape index (κ3) is 8.63. The first kappa shape index (κ1) is 17.1. The van der Waals surface area contributed by atoms with Gasteiger partial charge in [0.25, 0.3) is 0 Å². The van der Waals surface area contributed by atoms with Crippen LogP contribution in [0.25, 0.3) is 0 Å². The monoisotopic (exact) mass is 247 g/mol. The van der Waals surface area contributed by atoms with Gasteiger partial charge in [-0.25, -0.2) is 9.59 Å². The highest BCUT2D eigenvalue weighted by atomic mass is 16.4. The van der Waals surface area contributed by atoms with Gasteiger partial charge in [0.15, 0.2) is 0 Å². The quantitative estimate of drug-likeness (QED) is 0.308. The number of aliphatic hydroxyl groups is 2. The first-order chi connectivity index (χ1) is 7.77. The van der Waals surface area contributed by atoms with E-state index in [9.17, 15) is 14.4 Å². The number of hydrogen-bond donors (Lipinski definition) is 5. The predicted octanol–water partition coefficient (Wildman–Crippen LogP) is -0.992. The Morgan fingerprint density at radius 1 is 1.12 bits per heavy atom. The Morgan fingerprint density at radius 3 is 1.71 bits per heavy atom. The minimum Gasteiger partial charge on any atom is -0.501 e. The zero-order valence-electron chi connectivity index (χ0n) is 8.79. The van der Waals surface area contributed by atoms with E-state index < -0.39 is 42.2 Å². The van der Waals surface area contributed by atoms with Gasteiger partial charge in [0.2, 0.25) is 11.7 Å². The van der Waals surface area contributed by atoms with Gasteiger partial charge in [-0.15, -0.1) is 0 Å². The van der Waals surface area contributed by atoms with Gasteiger partial charge in [-0.1, -0.05) is 6.58 Å². The second-order valence-corrected chi connectivity index (χ2v) is 2.52. The van der Waals surface area contributed by atoms with Gasteiger partial charge in [0.05, 0.1) is 5.57 Å². The fourth-order valence-electron chi connectivity index (χ4n) is 0.568. The lowest BCUT2D eigenvalue weighted by Crippen LogP contribution is -2.12. The summed E-state index contributed by atoms with van der Waals surface area (Å²) in [7, 11) is 0. The van der Waals surface area contributed by atoms with Crippen LogP contribution in [0.1, 0.15) is 6.42 Å². The van der Waals surface area contributed by atoms with Crippen LogP contribution in [-0.4, -0.2) is 44.9 Å². The topological polar surface area (TPSA) is 158 Å². The van der Waals surface area contributed by atoms with E-state index in [1.54, 1.807) is 0 Å². The average molecular weight is 247 g/mol. The molecule has 0 heterocycles. The van der Waals surface area contributed by atoms with Crippen molar-refractivity contribution in [3.8, 4) is 0 Å². The molecule has 0 fully saturated rings. The summed E-state index contributed by atoms with van der Waals surface area (Å²) >= 11 is 0. The number of carboxylic acids is 2. The van der Waals surface area contributed by atoms with Gasteiger partial charge >= 0.3 is 11.9 Å². The molecular formula is C9H13NO7. The van der Waals surface area contributed by atoms with E-state index in [-0.39, 0.29) is 0 Å². The molecule has 0 aliphatic rings. The zero-order chi connectivity index (χ0) is 14.0. The standard InChI is InChI=1S/C6H8O6.C3H5NO/c7-2-1-3(5(9)10)4(8)6(11)12;1-2-3(4)5/h7-8H,1-2H2,(H,9,10)(H,11,12);2H,1H2,(H2,4,5). The van der Waals surface area contributed by atoms with Gasteiger partial charge in [-0.3, -0.25) is 4.79 Å². The number of aliphatic hydroxyl groups excluding tert-OH is 2. The van der Waals surface area contributed by atoms with Gasteiger partial charge < -0.3 is 26.2 Å². The summed E-state index contributed by atoms with van der Waals surface area (Å²) < 4.78 is 0. The molecular weight excluding hydrogens is 234 g/mol. The molecule has 0 aromatic heterocycles. The molecule has 8 nitrogen and oxygen atoms in total. The van der Waals surface area contributed by atoms with Crippen molar-refractivity contribution in [2.24, 2.45) is 5.73 Å². The summed E-state index contributed by atoms with van der Waals surface area (Å²) in [6, 6.07) is 0. The van der Waals surface area contributed by atoms with E-state index in [0.717, 1.165) is 6.08 Å². The van der Waals surface area contributed by atoms with Gasteiger partial charge in [-0.2, -0.15) is 0 Å². The van der Waals surface area contributed by atoms with Crippen molar-refractivity contribution >= 4 is 17.8 Å². The molecule has 96 valence electrons. The largest absolute Gasteiger partial charge is 0.501 e. The van der Waals surface area contributed by atoms with Gasteiger partial charge in [0.1, 0.15) is 0 Å². The maximum Gasteiger partial charge on any atom is 0.371 e. The summed E-state index contributed by atoms with van der Waals surface area (Å²) in [6.07, 6.45) is 0.660. The number of carboxylic acid groups (broad SMARTS) is 2. The Hall–Kier alpha value is -2.35.